The standard InChI is InChI=1S/C16H27NO5/c1-15(2,21)12-6-4-11(5-7-12)13(18)17-9-3-8-16(22,10-17)14(19)20/h11-12,21-22H,3-10H2,1-2H3,(H,19,20). The molecule has 0 bridgehead atoms. The van der Waals surface area contributed by atoms with Crippen LogP contribution in [0, 0.1) is 11.8 Å². The fourth-order valence-electron chi connectivity index (χ4n) is 3.70. The van der Waals surface area contributed by atoms with Gasteiger partial charge in [0.2, 0.25) is 5.91 Å². The van der Waals surface area contributed by atoms with E-state index in [1.165, 1.54) is 4.90 Å². The third kappa shape index (κ3) is 3.60. The molecule has 0 aromatic heterocycles. The molecule has 1 aliphatic carbocycles. The third-order valence-electron chi connectivity index (χ3n) is 5.26. The van der Waals surface area contributed by atoms with E-state index in [2.05, 4.69) is 0 Å². The number of β-amino-alcohol motifs (C(OH)–C–C–N with tert-alkyl or cyclic N) is 1. The molecule has 1 aliphatic heterocycles. The van der Waals surface area contributed by atoms with Crippen LogP contribution >= 0.6 is 0 Å². The molecule has 6 heteroatoms. The molecule has 0 radical (unpaired) electrons. The normalized spacial score (nSPS) is 33.5. The van der Waals surface area contributed by atoms with Gasteiger partial charge in [0.25, 0.3) is 0 Å². The van der Waals surface area contributed by atoms with Gasteiger partial charge in [0.15, 0.2) is 5.60 Å². The summed E-state index contributed by atoms with van der Waals surface area (Å²) in [5.74, 6) is -1.21. The van der Waals surface area contributed by atoms with Crippen molar-refractivity contribution in [3.63, 3.8) is 0 Å². The molecule has 0 aromatic rings. The number of rotatable bonds is 3. The van der Waals surface area contributed by atoms with E-state index >= 15 is 0 Å². The largest absolute Gasteiger partial charge is 0.479 e. The van der Waals surface area contributed by atoms with E-state index in [0.29, 0.717) is 13.0 Å². The maximum atomic E-state index is 12.6. The van der Waals surface area contributed by atoms with Gasteiger partial charge < -0.3 is 20.2 Å². The lowest BCUT2D eigenvalue weighted by molar-refractivity contribution is -0.167. The van der Waals surface area contributed by atoms with Crippen LogP contribution in [0.2, 0.25) is 0 Å². The van der Waals surface area contributed by atoms with Gasteiger partial charge in [-0.15, -0.1) is 0 Å². The lowest BCUT2D eigenvalue weighted by Gasteiger charge is -2.40. The fourth-order valence-corrected chi connectivity index (χ4v) is 3.70. The van der Waals surface area contributed by atoms with Crippen molar-refractivity contribution in [2.45, 2.75) is 63.6 Å². The van der Waals surface area contributed by atoms with Crippen molar-refractivity contribution in [1.29, 1.82) is 0 Å². The van der Waals surface area contributed by atoms with Crippen LogP contribution < -0.4 is 0 Å². The number of carbonyl (C=O) groups is 2. The van der Waals surface area contributed by atoms with E-state index in [9.17, 15) is 19.8 Å². The Morgan fingerprint density at radius 1 is 1.18 bits per heavy atom. The minimum Gasteiger partial charge on any atom is -0.479 e. The topological polar surface area (TPSA) is 98.1 Å². The Labute approximate surface area is 131 Å². The van der Waals surface area contributed by atoms with Gasteiger partial charge in [-0.3, -0.25) is 4.79 Å². The maximum absolute atomic E-state index is 12.6. The summed E-state index contributed by atoms with van der Waals surface area (Å²) in [4.78, 5) is 25.2. The van der Waals surface area contributed by atoms with Crippen LogP contribution in [-0.2, 0) is 9.59 Å². The van der Waals surface area contributed by atoms with Gasteiger partial charge in [-0.05, 0) is 58.3 Å². The molecule has 2 rings (SSSR count). The minimum absolute atomic E-state index is 0.0476. The predicted molar refractivity (Wildman–Crippen MR) is 80.1 cm³/mol. The molecule has 1 heterocycles. The summed E-state index contributed by atoms with van der Waals surface area (Å²) in [5.41, 5.74) is -2.53. The van der Waals surface area contributed by atoms with E-state index in [4.69, 9.17) is 5.11 Å². The predicted octanol–water partition coefficient (Wildman–Crippen LogP) is 1.00. The Hall–Kier alpha value is -1.14. The van der Waals surface area contributed by atoms with E-state index in [1.807, 2.05) is 0 Å². The number of amides is 1. The summed E-state index contributed by atoms with van der Waals surface area (Å²) < 4.78 is 0. The first-order valence-electron chi connectivity index (χ1n) is 8.10. The number of aliphatic carboxylic acids is 1. The monoisotopic (exact) mass is 313 g/mol. The first kappa shape index (κ1) is 17.2. The quantitative estimate of drug-likeness (QED) is 0.722. The first-order valence-corrected chi connectivity index (χ1v) is 8.10. The van der Waals surface area contributed by atoms with Gasteiger partial charge >= 0.3 is 5.97 Å². The highest BCUT2D eigenvalue weighted by Crippen LogP contribution is 2.36. The summed E-state index contributed by atoms with van der Waals surface area (Å²) in [6.07, 6.45) is 3.74. The fraction of sp³-hybridized carbons (Fsp3) is 0.875. The number of likely N-dealkylation sites (tertiary alicyclic amines) is 1. The van der Waals surface area contributed by atoms with Crippen LogP contribution in [0.25, 0.3) is 0 Å². The Morgan fingerprint density at radius 3 is 2.27 bits per heavy atom. The lowest BCUT2D eigenvalue weighted by Crippen LogP contribution is -2.56. The number of nitrogens with zero attached hydrogens (tertiary/aromatic N) is 1. The van der Waals surface area contributed by atoms with Gasteiger partial charge in [0.05, 0.1) is 12.1 Å². The summed E-state index contributed by atoms with van der Waals surface area (Å²) in [7, 11) is 0. The number of hydrogen-bond donors (Lipinski definition) is 3. The zero-order chi connectivity index (χ0) is 16.5. The lowest BCUT2D eigenvalue weighted by atomic mass is 9.74. The van der Waals surface area contributed by atoms with Crippen molar-refractivity contribution >= 4 is 11.9 Å². The van der Waals surface area contributed by atoms with Crippen molar-refractivity contribution in [3.05, 3.63) is 0 Å². The number of aliphatic hydroxyl groups is 2. The molecule has 1 saturated heterocycles. The third-order valence-corrected chi connectivity index (χ3v) is 5.26. The second-order valence-electron chi connectivity index (χ2n) is 7.40. The molecule has 1 atom stereocenters. The molecule has 3 N–H and O–H groups in total. The van der Waals surface area contributed by atoms with Crippen LogP contribution in [0.1, 0.15) is 52.4 Å². The van der Waals surface area contributed by atoms with Crippen molar-refractivity contribution in [2.75, 3.05) is 13.1 Å². The van der Waals surface area contributed by atoms with E-state index in [-0.39, 0.29) is 30.7 Å². The first-order chi connectivity index (χ1) is 10.1. The highest BCUT2D eigenvalue weighted by molar-refractivity contribution is 5.82. The number of carbonyl (C=O) groups excluding carboxylic acids is 1. The highest BCUT2D eigenvalue weighted by atomic mass is 16.4. The number of carboxylic acids is 1. The van der Waals surface area contributed by atoms with Crippen LogP contribution in [0.3, 0.4) is 0 Å². The minimum atomic E-state index is -1.81. The van der Waals surface area contributed by atoms with Crippen molar-refractivity contribution in [2.24, 2.45) is 11.8 Å². The second kappa shape index (κ2) is 6.16. The Bertz CT molecular complexity index is 436. The zero-order valence-corrected chi connectivity index (χ0v) is 13.4. The van der Waals surface area contributed by atoms with Crippen LogP contribution in [0.4, 0.5) is 0 Å². The van der Waals surface area contributed by atoms with Crippen molar-refractivity contribution in [1.82, 2.24) is 4.90 Å². The summed E-state index contributed by atoms with van der Waals surface area (Å²) in [5, 5.41) is 29.3. The smallest absolute Gasteiger partial charge is 0.337 e. The van der Waals surface area contributed by atoms with Gasteiger partial charge in [0.1, 0.15) is 0 Å². The van der Waals surface area contributed by atoms with Crippen molar-refractivity contribution < 1.29 is 24.9 Å². The molecule has 6 nitrogen and oxygen atoms in total. The van der Waals surface area contributed by atoms with Crippen LogP contribution in [-0.4, -0.2) is 56.4 Å². The Balaban J connectivity index is 1.94. The summed E-state index contributed by atoms with van der Waals surface area (Å²) in [6.45, 7) is 4.00. The number of carboxylic acid groups (broad SMARTS) is 1. The van der Waals surface area contributed by atoms with E-state index < -0.39 is 17.2 Å². The molecule has 2 aliphatic rings. The van der Waals surface area contributed by atoms with Crippen LogP contribution in [0.5, 0.6) is 0 Å². The molecule has 2 fully saturated rings. The van der Waals surface area contributed by atoms with E-state index in [0.717, 1.165) is 25.7 Å². The summed E-state index contributed by atoms with van der Waals surface area (Å²) in [6, 6.07) is 0. The SMILES string of the molecule is CC(C)(O)C1CCC(C(=O)N2CCCC(O)(C(=O)O)C2)CC1. The van der Waals surface area contributed by atoms with Gasteiger partial charge in [-0.25, -0.2) is 4.79 Å². The maximum Gasteiger partial charge on any atom is 0.337 e. The molecule has 1 unspecified atom stereocenters. The highest BCUT2D eigenvalue weighted by Gasteiger charge is 2.43. The van der Waals surface area contributed by atoms with E-state index in [1.54, 1.807) is 13.8 Å². The summed E-state index contributed by atoms with van der Waals surface area (Å²) >= 11 is 0. The second-order valence-corrected chi connectivity index (χ2v) is 7.40. The zero-order valence-electron chi connectivity index (χ0n) is 13.4. The average Bonchev–Trinajstić information content (AvgIpc) is 2.45. The molecule has 22 heavy (non-hydrogen) atoms. The molecule has 1 amide bonds. The molecule has 126 valence electrons. The van der Waals surface area contributed by atoms with Gasteiger partial charge in [-0.1, -0.05) is 0 Å². The van der Waals surface area contributed by atoms with Crippen molar-refractivity contribution in [3.8, 4) is 0 Å². The van der Waals surface area contributed by atoms with Gasteiger partial charge in [-0.2, -0.15) is 0 Å². The number of hydrogen-bond acceptors (Lipinski definition) is 4. The Morgan fingerprint density at radius 2 is 1.77 bits per heavy atom. The average molecular weight is 313 g/mol. The Kier molecular flexibility index (Phi) is 4.82. The molecule has 1 saturated carbocycles. The molecular formula is C16H27NO5. The van der Waals surface area contributed by atoms with Crippen LogP contribution in [0.15, 0.2) is 0 Å². The molecule has 0 aromatic carbocycles. The molecular weight excluding hydrogens is 286 g/mol. The number of piperidine rings is 1. The molecule has 0 spiro atoms. The van der Waals surface area contributed by atoms with Gasteiger partial charge in [0, 0.05) is 12.5 Å².